The van der Waals surface area contributed by atoms with Gasteiger partial charge in [0.1, 0.15) is 0 Å². The molecular formula is C11H20N4O6S2. The van der Waals surface area contributed by atoms with Crippen LogP contribution in [0.3, 0.4) is 0 Å². The third kappa shape index (κ3) is 16.4. The van der Waals surface area contributed by atoms with E-state index in [0.717, 1.165) is 0 Å². The van der Waals surface area contributed by atoms with E-state index in [2.05, 4.69) is 9.97 Å². The maximum atomic E-state index is 10.00. The van der Waals surface area contributed by atoms with Gasteiger partial charge >= 0.3 is 0 Å². The van der Waals surface area contributed by atoms with Crippen molar-refractivity contribution in [2.24, 2.45) is 14.1 Å². The summed E-state index contributed by atoms with van der Waals surface area (Å²) in [7, 11) is -4.37. The molecule has 0 saturated carbocycles. The summed E-state index contributed by atoms with van der Waals surface area (Å²) in [4.78, 5) is 7.57. The Hall–Kier alpha value is -1.76. The molecule has 12 heteroatoms. The maximum absolute atomic E-state index is 10.00. The first kappa shape index (κ1) is 21.2. The summed E-state index contributed by atoms with van der Waals surface area (Å²) in [6.45, 7) is 0. The lowest BCUT2D eigenvalue weighted by atomic mass is 10.6. The highest BCUT2D eigenvalue weighted by Gasteiger charge is 2.08. The third-order valence-electron chi connectivity index (χ3n) is 2.08. The van der Waals surface area contributed by atoms with E-state index in [1.807, 2.05) is 35.6 Å². The van der Waals surface area contributed by atoms with Crippen LogP contribution in [0, 0.1) is 0 Å². The molecular weight excluding hydrogens is 348 g/mol. The summed E-state index contributed by atoms with van der Waals surface area (Å²) >= 11 is 0. The number of hydrogen-bond acceptors (Lipinski definition) is 6. The smallest absolute Gasteiger partial charge is 0.264 e. The van der Waals surface area contributed by atoms with Gasteiger partial charge in [-0.1, -0.05) is 0 Å². The molecule has 0 aliphatic heterocycles. The molecule has 0 fully saturated rings. The summed E-state index contributed by atoms with van der Waals surface area (Å²) in [5.41, 5.74) is 0. The van der Waals surface area contributed by atoms with Gasteiger partial charge in [-0.25, -0.2) is 9.97 Å². The average molecular weight is 368 g/mol. The molecule has 2 aromatic heterocycles. The molecule has 2 heterocycles. The average Bonchev–Trinajstić information content (AvgIpc) is 3.01. The lowest BCUT2D eigenvalue weighted by Crippen LogP contribution is -2.10. The number of nitrogens with zero attached hydrogens (tertiary/aromatic N) is 4. The summed E-state index contributed by atoms with van der Waals surface area (Å²) in [6, 6.07) is 0. The number of imidazole rings is 2. The van der Waals surface area contributed by atoms with Crippen molar-refractivity contribution in [1.82, 2.24) is 19.1 Å². The summed E-state index contributed by atoms with van der Waals surface area (Å²) in [5.74, 6) is -1.32. The van der Waals surface area contributed by atoms with E-state index in [1.165, 1.54) is 0 Å². The predicted molar refractivity (Wildman–Crippen MR) is 83.9 cm³/mol. The van der Waals surface area contributed by atoms with Crippen LogP contribution in [0.2, 0.25) is 0 Å². The van der Waals surface area contributed by atoms with Gasteiger partial charge in [0.25, 0.3) is 20.2 Å². The summed E-state index contributed by atoms with van der Waals surface area (Å²) < 4.78 is 60.0. The standard InChI is InChI=1S/2C4H6N2.C3H8O6S2/c2*1-6-3-2-5-4-6;4-10(5,6)2-1-3-11(7,8)9/h2*2-4H,1H3;1-3H2,(H,4,5,6)(H,7,8,9). The molecule has 0 saturated heterocycles. The van der Waals surface area contributed by atoms with Crippen molar-refractivity contribution in [3.63, 3.8) is 0 Å². The molecule has 23 heavy (non-hydrogen) atoms. The Morgan fingerprint density at radius 3 is 1.30 bits per heavy atom. The lowest BCUT2D eigenvalue weighted by Gasteiger charge is -1.94. The van der Waals surface area contributed by atoms with Gasteiger partial charge in [-0.15, -0.1) is 0 Å². The van der Waals surface area contributed by atoms with Crippen molar-refractivity contribution in [3.05, 3.63) is 37.4 Å². The Morgan fingerprint density at radius 2 is 1.17 bits per heavy atom. The van der Waals surface area contributed by atoms with Crippen molar-refractivity contribution < 1.29 is 25.9 Å². The highest BCUT2D eigenvalue weighted by Crippen LogP contribution is 1.92. The fourth-order valence-electron chi connectivity index (χ4n) is 1.08. The molecule has 2 aromatic rings. The van der Waals surface area contributed by atoms with Crippen molar-refractivity contribution >= 4 is 20.2 Å². The zero-order valence-corrected chi connectivity index (χ0v) is 14.4. The Morgan fingerprint density at radius 1 is 0.826 bits per heavy atom. The van der Waals surface area contributed by atoms with Crippen LogP contribution in [0.1, 0.15) is 6.42 Å². The third-order valence-corrected chi connectivity index (χ3v) is 3.69. The highest BCUT2D eigenvalue weighted by molar-refractivity contribution is 7.86. The number of hydrogen-bond donors (Lipinski definition) is 2. The van der Waals surface area contributed by atoms with Crippen LogP contribution in [0.25, 0.3) is 0 Å². The molecule has 10 nitrogen and oxygen atoms in total. The predicted octanol–water partition coefficient (Wildman–Crippen LogP) is -0.00770. The second kappa shape index (κ2) is 10.1. The van der Waals surface area contributed by atoms with Gasteiger partial charge in [-0.2, -0.15) is 16.8 Å². The minimum absolute atomic E-state index is 0.308. The highest BCUT2D eigenvalue weighted by atomic mass is 32.2. The van der Waals surface area contributed by atoms with Crippen LogP contribution >= 0.6 is 0 Å². The van der Waals surface area contributed by atoms with Crippen LogP contribution < -0.4 is 0 Å². The van der Waals surface area contributed by atoms with E-state index in [-0.39, 0.29) is 6.42 Å². The zero-order chi connectivity index (χ0) is 17.9. The molecule has 0 unspecified atom stereocenters. The first-order chi connectivity index (χ1) is 10.5. The Balaban J connectivity index is 0.000000339. The maximum Gasteiger partial charge on any atom is 0.264 e. The molecule has 0 atom stereocenters. The van der Waals surface area contributed by atoms with Crippen molar-refractivity contribution in [2.75, 3.05) is 11.5 Å². The van der Waals surface area contributed by atoms with Crippen LogP contribution in [0.4, 0.5) is 0 Å². The first-order valence-corrected chi connectivity index (χ1v) is 9.45. The first-order valence-electron chi connectivity index (χ1n) is 6.24. The Labute approximate surface area is 135 Å². The normalized spacial score (nSPS) is 11.0. The van der Waals surface area contributed by atoms with Crippen molar-refractivity contribution in [1.29, 1.82) is 0 Å². The van der Waals surface area contributed by atoms with E-state index < -0.39 is 31.7 Å². The largest absolute Gasteiger partial charge is 0.341 e. The van der Waals surface area contributed by atoms with Gasteiger partial charge in [0.05, 0.1) is 24.2 Å². The Kier molecular flexibility index (Phi) is 9.32. The van der Waals surface area contributed by atoms with Gasteiger partial charge < -0.3 is 9.13 Å². The molecule has 2 N–H and O–H groups in total. The van der Waals surface area contributed by atoms with E-state index in [4.69, 9.17) is 9.11 Å². The van der Waals surface area contributed by atoms with Crippen LogP contribution in [0.5, 0.6) is 0 Å². The number of aromatic nitrogens is 4. The van der Waals surface area contributed by atoms with E-state index >= 15 is 0 Å². The van der Waals surface area contributed by atoms with E-state index in [0.29, 0.717) is 0 Å². The van der Waals surface area contributed by atoms with Crippen LogP contribution in [0.15, 0.2) is 37.4 Å². The molecule has 0 bridgehead atoms. The molecule has 2 rings (SSSR count). The quantitative estimate of drug-likeness (QED) is 0.717. The number of aryl methyl sites for hydroxylation is 2. The molecule has 0 aliphatic rings. The SMILES string of the molecule is Cn1ccnc1.Cn1ccnc1.O=S(=O)(O)CCCS(=O)(=O)O. The monoisotopic (exact) mass is 368 g/mol. The number of rotatable bonds is 4. The fourth-order valence-corrected chi connectivity index (χ4v) is 2.28. The second-order valence-corrected chi connectivity index (χ2v) is 7.53. The van der Waals surface area contributed by atoms with Gasteiger partial charge in [0, 0.05) is 38.9 Å². The fraction of sp³-hybridized carbons (Fsp3) is 0.455. The summed E-state index contributed by atoms with van der Waals surface area (Å²) in [6.07, 6.45) is 10.5. The molecule has 0 aromatic carbocycles. The molecule has 132 valence electrons. The minimum Gasteiger partial charge on any atom is -0.341 e. The second-order valence-electron chi connectivity index (χ2n) is 4.38. The van der Waals surface area contributed by atoms with Gasteiger partial charge in [-0.05, 0) is 6.42 Å². The van der Waals surface area contributed by atoms with E-state index in [1.54, 1.807) is 25.0 Å². The van der Waals surface area contributed by atoms with Crippen LogP contribution in [-0.2, 0) is 34.3 Å². The van der Waals surface area contributed by atoms with Crippen molar-refractivity contribution in [2.45, 2.75) is 6.42 Å². The molecule has 0 aliphatic carbocycles. The molecule has 0 radical (unpaired) electrons. The Bertz CT molecular complexity index is 659. The van der Waals surface area contributed by atoms with Crippen LogP contribution in [-0.4, -0.2) is 56.5 Å². The topological polar surface area (TPSA) is 144 Å². The van der Waals surface area contributed by atoms with Gasteiger partial charge in [-0.3, -0.25) is 9.11 Å². The van der Waals surface area contributed by atoms with E-state index in [9.17, 15) is 16.8 Å². The zero-order valence-electron chi connectivity index (χ0n) is 12.7. The molecule has 0 spiro atoms. The minimum atomic E-state index is -4.12. The lowest BCUT2D eigenvalue weighted by molar-refractivity contribution is 0.477. The van der Waals surface area contributed by atoms with Crippen molar-refractivity contribution in [3.8, 4) is 0 Å². The van der Waals surface area contributed by atoms with Gasteiger partial charge in [0.15, 0.2) is 0 Å². The molecule has 0 amide bonds. The summed E-state index contributed by atoms with van der Waals surface area (Å²) in [5, 5.41) is 0. The van der Waals surface area contributed by atoms with Gasteiger partial charge in [0.2, 0.25) is 0 Å².